The quantitative estimate of drug-likeness (QED) is 0.683. The molecule has 0 amide bonds. The van der Waals surface area contributed by atoms with Gasteiger partial charge in [0.05, 0.1) is 12.2 Å². The van der Waals surface area contributed by atoms with E-state index in [1.54, 1.807) is 19.1 Å². The fourth-order valence-corrected chi connectivity index (χ4v) is 4.59. The Labute approximate surface area is 181 Å². The van der Waals surface area contributed by atoms with Gasteiger partial charge in [-0.25, -0.2) is 4.79 Å². The molecule has 4 rings (SSSR count). The van der Waals surface area contributed by atoms with E-state index < -0.39 is 11.9 Å². The molecule has 2 aromatic carbocycles. The zero-order chi connectivity index (χ0) is 21.3. The number of halogens is 1. The summed E-state index contributed by atoms with van der Waals surface area (Å²) in [4.78, 5) is 26.2. The van der Waals surface area contributed by atoms with E-state index in [9.17, 15) is 9.59 Å². The minimum Gasteiger partial charge on any atom is -0.463 e. The molecule has 0 saturated heterocycles. The number of hydrogen-bond acceptors (Lipinski definition) is 4. The average Bonchev–Trinajstić information content (AvgIpc) is 2.74. The Hall–Kier alpha value is -2.85. The first-order valence-electron chi connectivity index (χ1n) is 10.2. The summed E-state index contributed by atoms with van der Waals surface area (Å²) in [6, 6.07) is 17.4. The van der Waals surface area contributed by atoms with Crippen LogP contribution in [0.4, 0.5) is 0 Å². The van der Waals surface area contributed by atoms with Gasteiger partial charge in [0.1, 0.15) is 0 Å². The number of carbonyl (C=O) groups excluding carboxylic acids is 2. The van der Waals surface area contributed by atoms with Crippen molar-refractivity contribution in [3.8, 4) is 0 Å². The standard InChI is InChI=1S/C25H24ClNO3/c1-3-30-25(29)22-15(2)27-20-13-18(16-7-5-4-6-8-16)14-21(28)24(20)23(22)17-9-11-19(26)12-10-17/h4-12,18,23,27H,3,13-14H2,1-2H3/t18-,23-/m1/s1. The summed E-state index contributed by atoms with van der Waals surface area (Å²) in [6.45, 7) is 3.93. The lowest BCUT2D eigenvalue weighted by Crippen LogP contribution is -2.36. The zero-order valence-corrected chi connectivity index (χ0v) is 17.8. The summed E-state index contributed by atoms with van der Waals surface area (Å²) in [5, 5.41) is 3.97. The molecule has 0 unspecified atom stereocenters. The van der Waals surface area contributed by atoms with Crippen LogP contribution < -0.4 is 5.32 Å². The third-order valence-corrected chi connectivity index (χ3v) is 6.05. The van der Waals surface area contributed by atoms with E-state index in [1.807, 2.05) is 37.3 Å². The van der Waals surface area contributed by atoms with Crippen LogP contribution in [-0.2, 0) is 14.3 Å². The normalized spacial score (nSPS) is 21.2. The minimum absolute atomic E-state index is 0.0619. The van der Waals surface area contributed by atoms with Crippen molar-refractivity contribution < 1.29 is 14.3 Å². The molecule has 1 N–H and O–H groups in total. The van der Waals surface area contributed by atoms with Crippen LogP contribution in [0.25, 0.3) is 0 Å². The van der Waals surface area contributed by atoms with Crippen LogP contribution in [0.5, 0.6) is 0 Å². The Morgan fingerprint density at radius 1 is 1.07 bits per heavy atom. The maximum Gasteiger partial charge on any atom is 0.336 e. The third kappa shape index (κ3) is 3.80. The van der Waals surface area contributed by atoms with E-state index in [-0.39, 0.29) is 18.3 Å². The van der Waals surface area contributed by atoms with E-state index in [4.69, 9.17) is 16.3 Å². The topological polar surface area (TPSA) is 55.4 Å². The van der Waals surface area contributed by atoms with Gasteiger partial charge in [-0.15, -0.1) is 0 Å². The number of Topliss-reactive ketones (excluding diaryl/α,β-unsaturated/α-hetero) is 1. The number of ether oxygens (including phenoxy) is 1. The SMILES string of the molecule is CCOC(=O)C1=C(C)NC2=C(C(=O)C[C@H](c3ccccc3)C2)[C@@H]1c1ccc(Cl)cc1. The Balaban J connectivity index is 1.80. The van der Waals surface area contributed by atoms with Gasteiger partial charge in [-0.05, 0) is 49.4 Å². The molecular formula is C25H24ClNO3. The fourth-order valence-electron chi connectivity index (χ4n) is 4.47. The number of ketones is 1. The number of allylic oxidation sites excluding steroid dienone is 3. The van der Waals surface area contributed by atoms with Crippen molar-refractivity contribution in [1.82, 2.24) is 5.32 Å². The molecule has 2 aliphatic rings. The van der Waals surface area contributed by atoms with Gasteiger partial charge >= 0.3 is 5.97 Å². The molecule has 30 heavy (non-hydrogen) atoms. The summed E-state index contributed by atoms with van der Waals surface area (Å²) in [6.07, 6.45) is 1.15. The van der Waals surface area contributed by atoms with Crippen LogP contribution in [0.15, 0.2) is 77.1 Å². The van der Waals surface area contributed by atoms with Gasteiger partial charge in [-0.3, -0.25) is 4.79 Å². The number of dihydropyridines is 1. The van der Waals surface area contributed by atoms with Crippen LogP contribution in [0.3, 0.4) is 0 Å². The predicted octanol–water partition coefficient (Wildman–Crippen LogP) is 5.26. The second kappa shape index (κ2) is 8.49. The van der Waals surface area contributed by atoms with Gasteiger partial charge < -0.3 is 10.1 Å². The number of hydrogen-bond donors (Lipinski definition) is 1. The fraction of sp³-hybridized carbons (Fsp3) is 0.280. The summed E-state index contributed by atoms with van der Waals surface area (Å²) in [7, 11) is 0. The molecule has 154 valence electrons. The second-order valence-corrected chi connectivity index (χ2v) is 8.14. The Morgan fingerprint density at radius 2 is 1.77 bits per heavy atom. The Morgan fingerprint density at radius 3 is 2.43 bits per heavy atom. The van der Waals surface area contributed by atoms with Gasteiger partial charge in [-0.1, -0.05) is 54.1 Å². The molecule has 1 heterocycles. The van der Waals surface area contributed by atoms with Crippen LogP contribution in [0, 0.1) is 0 Å². The van der Waals surface area contributed by atoms with Gasteiger partial charge in [0.25, 0.3) is 0 Å². The predicted molar refractivity (Wildman–Crippen MR) is 117 cm³/mol. The third-order valence-electron chi connectivity index (χ3n) is 5.80. The van der Waals surface area contributed by atoms with Gasteiger partial charge in [0.2, 0.25) is 0 Å². The zero-order valence-electron chi connectivity index (χ0n) is 17.1. The highest BCUT2D eigenvalue weighted by molar-refractivity contribution is 6.30. The van der Waals surface area contributed by atoms with Crippen LogP contribution in [0.1, 0.15) is 49.7 Å². The molecule has 0 fully saturated rings. The molecular weight excluding hydrogens is 398 g/mol. The van der Waals surface area contributed by atoms with E-state index in [0.29, 0.717) is 22.6 Å². The molecule has 0 spiro atoms. The highest BCUT2D eigenvalue weighted by Gasteiger charge is 2.41. The van der Waals surface area contributed by atoms with E-state index in [2.05, 4.69) is 17.4 Å². The van der Waals surface area contributed by atoms with Crippen LogP contribution >= 0.6 is 11.6 Å². The Bertz CT molecular complexity index is 1040. The molecule has 0 bridgehead atoms. The van der Waals surface area contributed by atoms with Crippen LogP contribution in [-0.4, -0.2) is 18.4 Å². The largest absolute Gasteiger partial charge is 0.463 e. The first kappa shape index (κ1) is 20.4. The van der Waals surface area contributed by atoms with Crippen molar-refractivity contribution in [1.29, 1.82) is 0 Å². The lowest BCUT2D eigenvalue weighted by Gasteiger charge is -2.36. The number of nitrogens with one attached hydrogen (secondary N) is 1. The van der Waals surface area contributed by atoms with Crippen molar-refractivity contribution in [2.24, 2.45) is 0 Å². The smallest absolute Gasteiger partial charge is 0.336 e. The van der Waals surface area contributed by atoms with Crippen molar-refractivity contribution in [2.45, 2.75) is 38.5 Å². The first-order chi connectivity index (χ1) is 14.5. The molecule has 1 aliphatic carbocycles. The molecule has 0 radical (unpaired) electrons. The first-order valence-corrected chi connectivity index (χ1v) is 10.6. The molecule has 5 heteroatoms. The second-order valence-electron chi connectivity index (χ2n) is 7.70. The summed E-state index contributed by atoms with van der Waals surface area (Å²) < 4.78 is 5.34. The Kier molecular flexibility index (Phi) is 5.78. The van der Waals surface area contributed by atoms with Gasteiger partial charge in [0, 0.05) is 34.3 Å². The average molecular weight is 422 g/mol. The molecule has 1 aliphatic heterocycles. The molecule has 2 aromatic rings. The van der Waals surface area contributed by atoms with Crippen LogP contribution in [0.2, 0.25) is 5.02 Å². The van der Waals surface area contributed by atoms with Crippen molar-refractivity contribution in [2.75, 3.05) is 6.61 Å². The lowest BCUT2D eigenvalue weighted by atomic mass is 9.72. The number of carbonyl (C=O) groups is 2. The lowest BCUT2D eigenvalue weighted by molar-refractivity contribution is -0.138. The van der Waals surface area contributed by atoms with E-state index in [1.165, 1.54) is 0 Å². The van der Waals surface area contributed by atoms with Crippen molar-refractivity contribution in [3.63, 3.8) is 0 Å². The summed E-state index contributed by atoms with van der Waals surface area (Å²) in [5.41, 5.74) is 4.80. The minimum atomic E-state index is -0.457. The number of esters is 1. The summed E-state index contributed by atoms with van der Waals surface area (Å²) >= 11 is 6.09. The van der Waals surface area contributed by atoms with Gasteiger partial charge in [-0.2, -0.15) is 0 Å². The number of rotatable bonds is 4. The number of benzene rings is 2. The monoisotopic (exact) mass is 421 g/mol. The van der Waals surface area contributed by atoms with Crippen molar-refractivity contribution in [3.05, 3.63) is 93.3 Å². The van der Waals surface area contributed by atoms with E-state index >= 15 is 0 Å². The van der Waals surface area contributed by atoms with Gasteiger partial charge in [0.15, 0.2) is 5.78 Å². The highest BCUT2D eigenvalue weighted by Crippen LogP contribution is 2.45. The molecule has 2 atom stereocenters. The van der Waals surface area contributed by atoms with E-state index in [0.717, 1.165) is 28.9 Å². The maximum absolute atomic E-state index is 13.4. The summed E-state index contributed by atoms with van der Waals surface area (Å²) in [5.74, 6) is -0.673. The highest BCUT2D eigenvalue weighted by atomic mass is 35.5. The molecule has 0 aromatic heterocycles. The molecule has 0 saturated carbocycles. The maximum atomic E-state index is 13.4. The van der Waals surface area contributed by atoms with Crippen molar-refractivity contribution >= 4 is 23.4 Å². The molecule has 4 nitrogen and oxygen atoms in total.